The molecule has 1 aromatic carbocycles. The van der Waals surface area contributed by atoms with Crippen LogP contribution in [0.2, 0.25) is 0 Å². The highest BCUT2D eigenvalue weighted by Gasteiger charge is 2.27. The van der Waals surface area contributed by atoms with E-state index in [2.05, 4.69) is 9.97 Å². The topological polar surface area (TPSA) is 63.4 Å². The van der Waals surface area contributed by atoms with Crippen molar-refractivity contribution in [2.45, 2.75) is 20.4 Å². The Hall–Kier alpha value is -3.58. The quantitative estimate of drug-likeness (QED) is 0.424. The lowest BCUT2D eigenvalue weighted by Gasteiger charge is -2.19. The number of fused-ring (bicyclic) bond motifs is 2. The van der Waals surface area contributed by atoms with Crippen molar-refractivity contribution in [1.82, 2.24) is 19.4 Å². The molecule has 0 unspecified atom stereocenters. The smallest absolute Gasteiger partial charge is 0.279 e. The Labute approximate surface area is 177 Å². The SMILES string of the molecule is Cc1nc2ccccn2c1C(=O)N(Cc1ccccn1)c1nc2c(C)cccc2s1. The zero-order valence-electron chi connectivity index (χ0n) is 16.6. The summed E-state index contributed by atoms with van der Waals surface area (Å²) in [7, 11) is 0. The molecule has 7 heteroatoms. The van der Waals surface area contributed by atoms with Crippen molar-refractivity contribution >= 4 is 38.2 Å². The molecule has 0 N–H and O–H groups in total. The predicted octanol–water partition coefficient (Wildman–Crippen LogP) is 4.80. The van der Waals surface area contributed by atoms with Crippen molar-refractivity contribution in [3.05, 3.63) is 89.6 Å². The number of carbonyl (C=O) groups is 1. The van der Waals surface area contributed by atoms with E-state index in [1.165, 1.54) is 11.3 Å². The Balaban J connectivity index is 1.66. The molecule has 0 saturated heterocycles. The van der Waals surface area contributed by atoms with Crippen LogP contribution >= 0.6 is 11.3 Å². The normalized spacial score (nSPS) is 11.3. The molecule has 0 aliphatic rings. The van der Waals surface area contributed by atoms with Gasteiger partial charge >= 0.3 is 0 Å². The third-order valence-corrected chi connectivity index (χ3v) is 6.08. The molecule has 0 spiro atoms. The molecule has 0 bridgehead atoms. The number of aromatic nitrogens is 4. The van der Waals surface area contributed by atoms with E-state index in [-0.39, 0.29) is 5.91 Å². The molecule has 6 nitrogen and oxygen atoms in total. The highest BCUT2D eigenvalue weighted by atomic mass is 32.1. The number of benzene rings is 1. The highest BCUT2D eigenvalue weighted by molar-refractivity contribution is 7.22. The van der Waals surface area contributed by atoms with Gasteiger partial charge in [0.1, 0.15) is 11.3 Å². The highest BCUT2D eigenvalue weighted by Crippen LogP contribution is 2.32. The Morgan fingerprint density at radius 2 is 1.90 bits per heavy atom. The van der Waals surface area contributed by atoms with Gasteiger partial charge in [0.15, 0.2) is 5.13 Å². The molecule has 5 aromatic rings. The second-order valence-corrected chi connectivity index (χ2v) is 8.11. The first-order valence-corrected chi connectivity index (χ1v) is 10.4. The number of amides is 1. The fraction of sp³-hybridized carbons (Fsp3) is 0.130. The van der Waals surface area contributed by atoms with E-state index < -0.39 is 0 Å². The Kier molecular flexibility index (Phi) is 4.52. The van der Waals surface area contributed by atoms with E-state index in [0.717, 1.165) is 27.1 Å². The summed E-state index contributed by atoms with van der Waals surface area (Å²) in [5.74, 6) is -0.145. The van der Waals surface area contributed by atoms with Crippen LogP contribution in [0.15, 0.2) is 67.0 Å². The molecule has 0 radical (unpaired) electrons. The van der Waals surface area contributed by atoms with Crippen LogP contribution in [0.1, 0.15) is 27.4 Å². The van der Waals surface area contributed by atoms with Crippen molar-refractivity contribution in [3.63, 3.8) is 0 Å². The number of pyridine rings is 2. The van der Waals surface area contributed by atoms with Crippen molar-refractivity contribution in [2.24, 2.45) is 0 Å². The van der Waals surface area contributed by atoms with E-state index in [0.29, 0.717) is 23.1 Å². The summed E-state index contributed by atoms with van der Waals surface area (Å²) in [6.07, 6.45) is 3.60. The Morgan fingerprint density at radius 3 is 2.70 bits per heavy atom. The lowest BCUT2D eigenvalue weighted by molar-refractivity contribution is 0.0978. The first-order chi connectivity index (χ1) is 14.6. The van der Waals surface area contributed by atoms with Crippen LogP contribution in [0.25, 0.3) is 15.9 Å². The maximum Gasteiger partial charge on any atom is 0.279 e. The van der Waals surface area contributed by atoms with Crippen molar-refractivity contribution in [2.75, 3.05) is 4.90 Å². The summed E-state index contributed by atoms with van der Waals surface area (Å²) in [6, 6.07) is 17.5. The van der Waals surface area contributed by atoms with Crippen LogP contribution in [0.4, 0.5) is 5.13 Å². The van der Waals surface area contributed by atoms with Crippen molar-refractivity contribution < 1.29 is 4.79 Å². The molecule has 0 aliphatic carbocycles. The van der Waals surface area contributed by atoms with Gasteiger partial charge in [-0.15, -0.1) is 0 Å². The summed E-state index contributed by atoms with van der Waals surface area (Å²) in [5, 5.41) is 0.653. The monoisotopic (exact) mass is 413 g/mol. The number of para-hydroxylation sites is 1. The van der Waals surface area contributed by atoms with Gasteiger partial charge in [-0.05, 0) is 49.7 Å². The minimum Gasteiger partial charge on any atom is -0.295 e. The number of hydrogen-bond acceptors (Lipinski definition) is 5. The fourth-order valence-electron chi connectivity index (χ4n) is 3.57. The van der Waals surface area contributed by atoms with E-state index in [9.17, 15) is 4.79 Å². The number of nitrogens with zero attached hydrogens (tertiary/aromatic N) is 5. The standard InChI is InChI=1S/C23H19N5OS/c1-15-8-7-10-18-20(15)26-23(30-18)28(14-17-9-3-5-12-24-17)22(29)21-16(2)25-19-11-4-6-13-27(19)21/h3-13H,14H2,1-2H3. The molecule has 4 aromatic heterocycles. The number of rotatable bonds is 4. The number of aryl methyl sites for hydroxylation is 2. The van der Waals surface area contributed by atoms with Gasteiger partial charge in [0.25, 0.3) is 5.91 Å². The number of hydrogen-bond donors (Lipinski definition) is 0. The Morgan fingerprint density at radius 1 is 1.03 bits per heavy atom. The van der Waals surface area contributed by atoms with E-state index in [4.69, 9.17) is 4.98 Å². The number of carbonyl (C=O) groups excluding carboxylic acids is 1. The van der Waals surface area contributed by atoms with Gasteiger partial charge < -0.3 is 0 Å². The van der Waals surface area contributed by atoms with E-state index in [1.807, 2.05) is 79.0 Å². The minimum absolute atomic E-state index is 0.145. The molecule has 4 heterocycles. The van der Waals surface area contributed by atoms with Gasteiger partial charge in [-0.2, -0.15) is 0 Å². The molecule has 5 rings (SSSR count). The largest absolute Gasteiger partial charge is 0.295 e. The molecule has 0 saturated carbocycles. The zero-order valence-corrected chi connectivity index (χ0v) is 17.4. The molecule has 0 atom stereocenters. The lowest BCUT2D eigenvalue weighted by atomic mass is 10.2. The summed E-state index contributed by atoms with van der Waals surface area (Å²) < 4.78 is 2.89. The van der Waals surface area contributed by atoms with Gasteiger partial charge in [0, 0.05) is 12.4 Å². The first kappa shape index (κ1) is 18.4. The number of imidazole rings is 1. The minimum atomic E-state index is -0.145. The Bertz CT molecular complexity index is 1370. The van der Waals surface area contributed by atoms with Gasteiger partial charge in [0.05, 0.1) is 28.1 Å². The van der Waals surface area contributed by atoms with Crippen LogP contribution < -0.4 is 4.90 Å². The molecule has 0 fully saturated rings. The predicted molar refractivity (Wildman–Crippen MR) is 119 cm³/mol. The molecular formula is C23H19N5OS. The van der Waals surface area contributed by atoms with Crippen LogP contribution in [-0.2, 0) is 6.54 Å². The van der Waals surface area contributed by atoms with Crippen molar-refractivity contribution in [3.8, 4) is 0 Å². The maximum absolute atomic E-state index is 13.8. The number of thiazole rings is 1. The summed E-state index contributed by atoms with van der Waals surface area (Å²) in [5.41, 5.74) is 4.79. The molecular weight excluding hydrogens is 394 g/mol. The summed E-state index contributed by atoms with van der Waals surface area (Å²) in [6.45, 7) is 4.23. The second-order valence-electron chi connectivity index (χ2n) is 7.11. The van der Waals surface area contributed by atoms with Gasteiger partial charge in [-0.25, -0.2) is 9.97 Å². The summed E-state index contributed by atoms with van der Waals surface area (Å²) >= 11 is 1.51. The summed E-state index contributed by atoms with van der Waals surface area (Å²) in [4.78, 5) is 29.3. The molecule has 30 heavy (non-hydrogen) atoms. The third kappa shape index (κ3) is 3.13. The average molecular weight is 414 g/mol. The van der Waals surface area contributed by atoms with E-state index in [1.54, 1.807) is 11.1 Å². The average Bonchev–Trinajstić information content (AvgIpc) is 3.33. The van der Waals surface area contributed by atoms with Crippen LogP contribution in [0, 0.1) is 13.8 Å². The van der Waals surface area contributed by atoms with E-state index >= 15 is 0 Å². The third-order valence-electron chi connectivity index (χ3n) is 5.04. The fourth-order valence-corrected chi connectivity index (χ4v) is 4.61. The zero-order chi connectivity index (χ0) is 20.7. The van der Waals surface area contributed by atoms with Crippen LogP contribution in [0.3, 0.4) is 0 Å². The van der Waals surface area contributed by atoms with Crippen molar-refractivity contribution in [1.29, 1.82) is 0 Å². The first-order valence-electron chi connectivity index (χ1n) is 9.63. The number of anilines is 1. The maximum atomic E-state index is 13.8. The van der Waals surface area contributed by atoms with Gasteiger partial charge in [-0.1, -0.05) is 35.6 Å². The molecule has 148 valence electrons. The lowest BCUT2D eigenvalue weighted by Crippen LogP contribution is -2.32. The molecule has 1 amide bonds. The van der Waals surface area contributed by atoms with Crippen LogP contribution in [0.5, 0.6) is 0 Å². The van der Waals surface area contributed by atoms with Crippen LogP contribution in [-0.4, -0.2) is 25.3 Å². The van der Waals surface area contributed by atoms with Gasteiger partial charge in [-0.3, -0.25) is 19.1 Å². The van der Waals surface area contributed by atoms with Gasteiger partial charge in [0.2, 0.25) is 0 Å². The molecule has 0 aliphatic heterocycles. The second kappa shape index (κ2) is 7.35.